The molecule has 0 unspecified atom stereocenters. The summed E-state index contributed by atoms with van der Waals surface area (Å²) in [5.74, 6) is 0.292. The summed E-state index contributed by atoms with van der Waals surface area (Å²) in [7, 11) is -4.23. The van der Waals surface area contributed by atoms with Crippen LogP contribution in [-0.4, -0.2) is 19.6 Å². The van der Waals surface area contributed by atoms with Gasteiger partial charge in [0.1, 0.15) is 5.75 Å². The fraction of sp³-hybridized carbons (Fsp3) is 0.250. The summed E-state index contributed by atoms with van der Waals surface area (Å²) in [6.45, 7) is 2.16. The van der Waals surface area contributed by atoms with Crippen LogP contribution in [0.1, 0.15) is 6.92 Å². The average molecular weight is 216 g/mol. The molecule has 0 saturated carbocycles. The Morgan fingerprint density at radius 1 is 1.50 bits per heavy atom. The standard InChI is InChI=1S/C8H10NO4S/c1-2-13-8-4-3-6(5-7(8)9)14(10,11)12/h3-5,9H,2H2,1H3,(H,10,11,12). The smallest absolute Gasteiger partial charge is 0.294 e. The van der Waals surface area contributed by atoms with Gasteiger partial charge in [0.05, 0.1) is 17.2 Å². The summed E-state index contributed by atoms with van der Waals surface area (Å²) in [5.41, 5.74) is 7.33. The van der Waals surface area contributed by atoms with Crippen LogP contribution in [-0.2, 0) is 10.1 Å². The van der Waals surface area contributed by atoms with Gasteiger partial charge in [0.25, 0.3) is 10.1 Å². The number of ether oxygens (including phenoxy) is 1. The van der Waals surface area contributed by atoms with Gasteiger partial charge in [-0.25, -0.2) is 0 Å². The predicted octanol–water partition coefficient (Wildman–Crippen LogP) is 1.25. The van der Waals surface area contributed by atoms with Gasteiger partial charge >= 0.3 is 0 Å². The summed E-state index contributed by atoms with van der Waals surface area (Å²) >= 11 is 0. The maximum absolute atomic E-state index is 10.7. The molecule has 0 fully saturated rings. The van der Waals surface area contributed by atoms with Crippen molar-refractivity contribution in [1.82, 2.24) is 5.73 Å². The normalized spacial score (nSPS) is 11.3. The highest BCUT2D eigenvalue weighted by Gasteiger charge is 2.11. The van der Waals surface area contributed by atoms with E-state index in [-0.39, 0.29) is 10.6 Å². The van der Waals surface area contributed by atoms with Crippen LogP contribution >= 0.6 is 0 Å². The number of rotatable bonds is 3. The molecule has 1 aromatic rings. The number of hydrogen-bond donors (Lipinski definition) is 1. The molecule has 0 saturated heterocycles. The van der Waals surface area contributed by atoms with Crippen molar-refractivity contribution >= 4 is 15.8 Å². The van der Waals surface area contributed by atoms with Gasteiger partial charge in [-0.15, -0.1) is 0 Å². The van der Waals surface area contributed by atoms with E-state index in [1.807, 2.05) is 0 Å². The lowest BCUT2D eigenvalue weighted by atomic mass is 10.3. The number of nitrogens with one attached hydrogen (secondary N) is 1. The molecule has 0 aliphatic carbocycles. The quantitative estimate of drug-likeness (QED) is 0.770. The second kappa shape index (κ2) is 3.85. The third-order valence-corrected chi connectivity index (χ3v) is 2.40. The lowest BCUT2D eigenvalue weighted by molar-refractivity contribution is 0.341. The highest BCUT2D eigenvalue weighted by molar-refractivity contribution is 7.85. The zero-order chi connectivity index (χ0) is 10.8. The van der Waals surface area contributed by atoms with Crippen LogP contribution in [0.15, 0.2) is 23.1 Å². The van der Waals surface area contributed by atoms with Gasteiger partial charge in [0.2, 0.25) is 0 Å². The first kappa shape index (κ1) is 10.8. The molecule has 0 atom stereocenters. The Kier molecular flexibility index (Phi) is 2.97. The molecule has 0 aliphatic heterocycles. The van der Waals surface area contributed by atoms with Crippen molar-refractivity contribution in [2.75, 3.05) is 6.61 Å². The molecule has 0 spiro atoms. The zero-order valence-corrected chi connectivity index (χ0v) is 8.34. The molecule has 0 amide bonds. The molecule has 1 aromatic carbocycles. The van der Waals surface area contributed by atoms with E-state index in [1.54, 1.807) is 6.92 Å². The molecule has 0 heterocycles. The zero-order valence-electron chi connectivity index (χ0n) is 7.52. The van der Waals surface area contributed by atoms with Crippen molar-refractivity contribution in [3.05, 3.63) is 18.2 Å². The fourth-order valence-corrected chi connectivity index (χ4v) is 1.46. The second-order valence-electron chi connectivity index (χ2n) is 2.57. The molecular weight excluding hydrogens is 206 g/mol. The Morgan fingerprint density at radius 2 is 2.14 bits per heavy atom. The average Bonchev–Trinajstić information content (AvgIpc) is 2.07. The van der Waals surface area contributed by atoms with Crippen molar-refractivity contribution < 1.29 is 17.7 Å². The molecule has 1 radical (unpaired) electrons. The minimum absolute atomic E-state index is 0.0676. The van der Waals surface area contributed by atoms with E-state index < -0.39 is 10.1 Å². The molecule has 6 heteroatoms. The molecule has 0 aromatic heterocycles. The van der Waals surface area contributed by atoms with E-state index in [0.717, 1.165) is 6.07 Å². The van der Waals surface area contributed by atoms with E-state index in [2.05, 4.69) is 0 Å². The Balaban J connectivity index is 3.13. The molecule has 0 bridgehead atoms. The Morgan fingerprint density at radius 3 is 2.57 bits per heavy atom. The first-order valence-electron chi connectivity index (χ1n) is 3.91. The highest BCUT2D eigenvalue weighted by Crippen LogP contribution is 2.25. The molecular formula is C8H10NO4S. The van der Waals surface area contributed by atoms with Gasteiger partial charge in [-0.05, 0) is 25.1 Å². The Hall–Kier alpha value is -1.27. The lowest BCUT2D eigenvalue weighted by Crippen LogP contribution is -1.99. The van der Waals surface area contributed by atoms with Crippen LogP contribution in [0.4, 0.5) is 5.69 Å². The highest BCUT2D eigenvalue weighted by atomic mass is 32.2. The van der Waals surface area contributed by atoms with Gasteiger partial charge in [-0.3, -0.25) is 10.3 Å². The summed E-state index contributed by atoms with van der Waals surface area (Å²) in [5, 5.41) is 0. The van der Waals surface area contributed by atoms with Crippen LogP contribution in [0.2, 0.25) is 0 Å². The topological polar surface area (TPSA) is 87.4 Å². The minimum Gasteiger partial charge on any atom is -0.492 e. The van der Waals surface area contributed by atoms with Crippen LogP contribution in [0.25, 0.3) is 0 Å². The van der Waals surface area contributed by atoms with Crippen LogP contribution in [0, 0.1) is 0 Å². The maximum Gasteiger partial charge on any atom is 0.294 e. The first-order valence-corrected chi connectivity index (χ1v) is 5.35. The lowest BCUT2D eigenvalue weighted by Gasteiger charge is -2.06. The molecule has 77 valence electrons. The summed E-state index contributed by atoms with van der Waals surface area (Å²) < 4.78 is 35.1. The van der Waals surface area contributed by atoms with Crippen LogP contribution in [0.3, 0.4) is 0 Å². The Labute approximate surface area is 82.2 Å². The van der Waals surface area contributed by atoms with E-state index in [0.29, 0.717) is 12.4 Å². The van der Waals surface area contributed by atoms with Gasteiger partial charge in [0.15, 0.2) is 0 Å². The molecule has 0 aliphatic rings. The molecule has 1 rings (SSSR count). The summed E-state index contributed by atoms with van der Waals surface area (Å²) in [4.78, 5) is -0.300. The monoisotopic (exact) mass is 216 g/mol. The summed E-state index contributed by atoms with van der Waals surface area (Å²) in [6, 6.07) is 3.58. The van der Waals surface area contributed by atoms with Crippen molar-refractivity contribution in [3.8, 4) is 5.75 Å². The molecule has 2 N–H and O–H groups in total. The molecule has 14 heavy (non-hydrogen) atoms. The number of hydrogen-bond acceptors (Lipinski definition) is 3. The minimum atomic E-state index is -4.23. The van der Waals surface area contributed by atoms with E-state index in [9.17, 15) is 8.42 Å². The SMILES string of the molecule is CCOc1ccc(S(=O)(=O)O)cc1[NH]. The van der Waals surface area contributed by atoms with Crippen LogP contribution in [0.5, 0.6) is 5.75 Å². The maximum atomic E-state index is 10.7. The third kappa shape index (κ3) is 2.36. The van der Waals surface area contributed by atoms with Crippen molar-refractivity contribution in [1.29, 1.82) is 0 Å². The summed E-state index contributed by atoms with van der Waals surface area (Å²) in [6.07, 6.45) is 0. The van der Waals surface area contributed by atoms with Crippen LogP contribution < -0.4 is 10.5 Å². The van der Waals surface area contributed by atoms with E-state index in [1.165, 1.54) is 12.1 Å². The first-order chi connectivity index (χ1) is 6.45. The Bertz CT molecular complexity index is 427. The van der Waals surface area contributed by atoms with E-state index in [4.69, 9.17) is 15.0 Å². The van der Waals surface area contributed by atoms with Gasteiger partial charge < -0.3 is 4.74 Å². The second-order valence-corrected chi connectivity index (χ2v) is 3.99. The molecule has 5 nitrogen and oxygen atoms in total. The third-order valence-electron chi connectivity index (χ3n) is 1.55. The fourth-order valence-electron chi connectivity index (χ4n) is 0.951. The van der Waals surface area contributed by atoms with Gasteiger partial charge in [-0.1, -0.05) is 0 Å². The largest absolute Gasteiger partial charge is 0.492 e. The predicted molar refractivity (Wildman–Crippen MR) is 50.2 cm³/mol. The van der Waals surface area contributed by atoms with Crippen molar-refractivity contribution in [3.63, 3.8) is 0 Å². The van der Waals surface area contributed by atoms with E-state index >= 15 is 0 Å². The van der Waals surface area contributed by atoms with Crippen molar-refractivity contribution in [2.24, 2.45) is 0 Å². The van der Waals surface area contributed by atoms with Gasteiger partial charge in [-0.2, -0.15) is 8.42 Å². The van der Waals surface area contributed by atoms with Gasteiger partial charge in [0, 0.05) is 0 Å². The van der Waals surface area contributed by atoms with Crippen molar-refractivity contribution in [2.45, 2.75) is 11.8 Å². The number of benzene rings is 1.